The minimum Gasteiger partial charge on any atom is -0.377 e. The maximum absolute atomic E-state index is 12.7. The molecule has 0 aromatic heterocycles. The average molecular weight is 511 g/mol. The molecule has 0 spiro atoms. The van der Waals surface area contributed by atoms with Gasteiger partial charge in [-0.2, -0.15) is 0 Å². The van der Waals surface area contributed by atoms with Gasteiger partial charge in [0.2, 0.25) is 0 Å². The van der Waals surface area contributed by atoms with E-state index in [1.165, 1.54) is 38.5 Å². The van der Waals surface area contributed by atoms with Crippen molar-refractivity contribution in [2.75, 3.05) is 52.6 Å². The molecule has 0 aliphatic heterocycles. The van der Waals surface area contributed by atoms with Crippen molar-refractivity contribution in [3.63, 3.8) is 0 Å². The third-order valence-electron chi connectivity index (χ3n) is 7.39. The molecule has 0 aromatic rings. The second-order valence-electron chi connectivity index (χ2n) is 10.5. The zero-order valence-corrected chi connectivity index (χ0v) is 23.2. The van der Waals surface area contributed by atoms with Crippen molar-refractivity contribution >= 4 is 12.1 Å². The molecule has 0 heterocycles. The molecular weight excluding hydrogens is 456 g/mol. The number of rotatable bonds is 17. The van der Waals surface area contributed by atoms with Crippen LogP contribution < -0.4 is 10.6 Å². The van der Waals surface area contributed by atoms with Crippen LogP contribution in [0.1, 0.15) is 104 Å². The number of nitrogens with zero attached hydrogens (tertiary/aromatic N) is 2. The third kappa shape index (κ3) is 13.1. The first-order valence-corrected chi connectivity index (χ1v) is 14.9. The molecule has 2 N–H and O–H groups in total. The van der Waals surface area contributed by atoms with E-state index in [1.807, 2.05) is 9.80 Å². The average Bonchev–Trinajstić information content (AvgIpc) is 2.90. The van der Waals surface area contributed by atoms with E-state index < -0.39 is 0 Å². The molecule has 210 valence electrons. The van der Waals surface area contributed by atoms with E-state index in [1.54, 1.807) is 0 Å². The summed E-state index contributed by atoms with van der Waals surface area (Å²) in [4.78, 5) is 29.3. The molecule has 2 aliphatic carbocycles. The van der Waals surface area contributed by atoms with Gasteiger partial charge in [-0.1, -0.05) is 65.2 Å². The first-order valence-electron chi connectivity index (χ1n) is 14.9. The molecule has 8 nitrogen and oxygen atoms in total. The molecular formula is C28H54N4O4. The Labute approximate surface area is 220 Å². The number of nitrogens with one attached hydrogen (secondary N) is 2. The third-order valence-corrected chi connectivity index (χ3v) is 7.39. The van der Waals surface area contributed by atoms with Crippen LogP contribution in [-0.2, 0) is 9.47 Å². The summed E-state index contributed by atoms with van der Waals surface area (Å²) in [5.74, 6) is 0. The Morgan fingerprint density at radius 2 is 1.00 bits per heavy atom. The minimum atomic E-state index is 0.0499. The zero-order valence-electron chi connectivity index (χ0n) is 23.2. The summed E-state index contributed by atoms with van der Waals surface area (Å²) in [5.41, 5.74) is 0. The van der Waals surface area contributed by atoms with Gasteiger partial charge >= 0.3 is 12.1 Å². The van der Waals surface area contributed by atoms with Crippen LogP contribution in [0, 0.1) is 0 Å². The largest absolute Gasteiger partial charge is 0.377 e. The van der Waals surface area contributed by atoms with Gasteiger partial charge in [0.25, 0.3) is 0 Å². The van der Waals surface area contributed by atoms with Crippen molar-refractivity contribution in [1.29, 1.82) is 0 Å². The van der Waals surface area contributed by atoms with Gasteiger partial charge in [-0.25, -0.2) is 9.59 Å². The van der Waals surface area contributed by atoms with Crippen LogP contribution >= 0.6 is 0 Å². The Morgan fingerprint density at radius 1 is 0.611 bits per heavy atom. The summed E-state index contributed by atoms with van der Waals surface area (Å²) in [5, 5.41) is 6.45. The maximum Gasteiger partial charge on any atom is 0.317 e. The lowest BCUT2D eigenvalue weighted by atomic mass is 9.96. The first-order chi connectivity index (χ1) is 17.6. The zero-order chi connectivity index (χ0) is 25.8. The van der Waals surface area contributed by atoms with Gasteiger partial charge in [-0.05, 0) is 38.5 Å². The second kappa shape index (κ2) is 19.6. The number of amides is 4. The predicted octanol–water partition coefficient (Wildman–Crippen LogP) is 5.31. The highest BCUT2D eigenvalue weighted by Crippen LogP contribution is 2.18. The number of unbranched alkanes of at least 4 members (excludes halogenated alkanes) is 2. The topological polar surface area (TPSA) is 83.1 Å². The van der Waals surface area contributed by atoms with E-state index in [4.69, 9.17) is 9.47 Å². The Bertz CT molecular complexity index is 530. The number of carbonyl (C=O) groups excluding carboxylic acids is 2. The van der Waals surface area contributed by atoms with Crippen LogP contribution in [-0.4, -0.2) is 86.6 Å². The summed E-state index contributed by atoms with van der Waals surface area (Å²) in [6.07, 6.45) is 15.9. The quantitative estimate of drug-likeness (QED) is 0.260. The van der Waals surface area contributed by atoms with Crippen LogP contribution in [0.2, 0.25) is 0 Å². The molecule has 2 rings (SSSR count). The Hall–Kier alpha value is -1.54. The highest BCUT2D eigenvalue weighted by atomic mass is 16.5. The molecule has 0 saturated heterocycles. The van der Waals surface area contributed by atoms with Gasteiger partial charge in [0.1, 0.15) is 0 Å². The van der Waals surface area contributed by atoms with Gasteiger partial charge < -0.3 is 29.9 Å². The van der Waals surface area contributed by atoms with Crippen molar-refractivity contribution in [3.05, 3.63) is 0 Å². The molecule has 0 unspecified atom stereocenters. The van der Waals surface area contributed by atoms with Gasteiger partial charge in [0, 0.05) is 38.3 Å². The Kier molecular flexibility index (Phi) is 16.7. The maximum atomic E-state index is 12.7. The minimum absolute atomic E-state index is 0.0499. The summed E-state index contributed by atoms with van der Waals surface area (Å²) >= 11 is 0. The number of hydrogen-bond donors (Lipinski definition) is 2. The molecule has 0 radical (unpaired) electrons. The molecule has 2 saturated carbocycles. The lowest BCUT2D eigenvalue weighted by Gasteiger charge is -2.28. The lowest BCUT2D eigenvalue weighted by molar-refractivity contribution is 0.0359. The summed E-state index contributed by atoms with van der Waals surface area (Å²) in [6.45, 7) is 9.05. The molecule has 0 aromatic carbocycles. The van der Waals surface area contributed by atoms with Crippen molar-refractivity contribution < 1.29 is 19.1 Å². The normalized spacial score (nSPS) is 17.1. The van der Waals surface area contributed by atoms with Gasteiger partial charge in [0.15, 0.2) is 0 Å². The standard InChI is InChI=1S/C28H54N4O4/c1-3-5-17-31(27(33)29-25-13-9-7-10-14-25)19-21-35-23-24-36-22-20-32(18-6-4-2)28(34)30-26-15-11-8-12-16-26/h25-26H,3-24H2,1-2H3,(H,29,33)(H,30,34). The molecule has 8 heteroatoms. The highest BCUT2D eigenvalue weighted by Gasteiger charge is 2.21. The molecule has 2 fully saturated rings. The van der Waals surface area contributed by atoms with Crippen molar-refractivity contribution in [2.45, 2.75) is 116 Å². The van der Waals surface area contributed by atoms with Crippen LogP contribution in [0.4, 0.5) is 9.59 Å². The fourth-order valence-corrected chi connectivity index (χ4v) is 5.02. The van der Waals surface area contributed by atoms with E-state index in [0.29, 0.717) is 51.6 Å². The Balaban J connectivity index is 1.59. The number of ether oxygens (including phenoxy) is 2. The summed E-state index contributed by atoms with van der Waals surface area (Å²) < 4.78 is 11.5. The first kappa shape index (κ1) is 30.7. The number of urea groups is 2. The fraction of sp³-hybridized carbons (Fsp3) is 0.929. The molecule has 0 atom stereocenters. The van der Waals surface area contributed by atoms with Gasteiger partial charge in [0.05, 0.1) is 26.4 Å². The van der Waals surface area contributed by atoms with Crippen LogP contribution in [0.25, 0.3) is 0 Å². The van der Waals surface area contributed by atoms with Crippen molar-refractivity contribution in [1.82, 2.24) is 20.4 Å². The van der Waals surface area contributed by atoms with E-state index in [0.717, 1.165) is 64.5 Å². The molecule has 2 aliphatic rings. The lowest BCUT2D eigenvalue weighted by Crippen LogP contribution is -2.47. The van der Waals surface area contributed by atoms with E-state index >= 15 is 0 Å². The highest BCUT2D eigenvalue weighted by molar-refractivity contribution is 5.75. The molecule has 0 bridgehead atoms. The van der Waals surface area contributed by atoms with Gasteiger partial charge in [-0.15, -0.1) is 0 Å². The Morgan fingerprint density at radius 3 is 1.36 bits per heavy atom. The number of carbonyl (C=O) groups is 2. The van der Waals surface area contributed by atoms with E-state index in [2.05, 4.69) is 24.5 Å². The van der Waals surface area contributed by atoms with Gasteiger partial charge in [-0.3, -0.25) is 0 Å². The molecule has 4 amide bonds. The SMILES string of the molecule is CCCCN(CCOCCOCCN(CCCC)C(=O)NC1CCCCC1)C(=O)NC1CCCCC1. The van der Waals surface area contributed by atoms with Crippen LogP contribution in [0.15, 0.2) is 0 Å². The van der Waals surface area contributed by atoms with Crippen molar-refractivity contribution in [3.8, 4) is 0 Å². The van der Waals surface area contributed by atoms with E-state index in [9.17, 15) is 9.59 Å². The molecule has 36 heavy (non-hydrogen) atoms. The summed E-state index contributed by atoms with van der Waals surface area (Å²) in [6, 6.07) is 0.750. The monoisotopic (exact) mass is 510 g/mol. The smallest absolute Gasteiger partial charge is 0.317 e. The summed E-state index contributed by atoms with van der Waals surface area (Å²) in [7, 11) is 0. The van der Waals surface area contributed by atoms with Crippen molar-refractivity contribution in [2.24, 2.45) is 0 Å². The predicted molar refractivity (Wildman–Crippen MR) is 145 cm³/mol. The van der Waals surface area contributed by atoms with E-state index in [-0.39, 0.29) is 12.1 Å². The number of hydrogen-bond acceptors (Lipinski definition) is 4. The second-order valence-corrected chi connectivity index (χ2v) is 10.5. The fourth-order valence-electron chi connectivity index (χ4n) is 5.02. The van der Waals surface area contributed by atoms with Crippen LogP contribution in [0.5, 0.6) is 0 Å². The van der Waals surface area contributed by atoms with Crippen LogP contribution in [0.3, 0.4) is 0 Å².